The van der Waals surface area contributed by atoms with Crippen molar-refractivity contribution in [1.29, 1.82) is 0 Å². The topological polar surface area (TPSA) is 68.0 Å². The molecule has 70 valence electrons. The van der Waals surface area contributed by atoms with Crippen molar-refractivity contribution in [2.24, 2.45) is 0 Å². The van der Waals surface area contributed by atoms with E-state index in [2.05, 4.69) is 31.7 Å². The molecule has 14 heavy (non-hydrogen) atoms. The van der Waals surface area contributed by atoms with E-state index >= 15 is 0 Å². The van der Waals surface area contributed by atoms with Crippen LogP contribution in [0.5, 0.6) is 0 Å². The SMILES string of the molecule is C#CCCNc1cncc2nnnn12. The fraction of sp³-hybridized carbons (Fsp3) is 0.250. The summed E-state index contributed by atoms with van der Waals surface area (Å²) in [5, 5.41) is 14.2. The van der Waals surface area contributed by atoms with Gasteiger partial charge in [0.1, 0.15) is 5.82 Å². The van der Waals surface area contributed by atoms with E-state index in [0.29, 0.717) is 18.6 Å². The molecule has 0 aromatic carbocycles. The summed E-state index contributed by atoms with van der Waals surface area (Å²) < 4.78 is 1.57. The zero-order valence-corrected chi connectivity index (χ0v) is 7.38. The predicted octanol–water partition coefficient (Wildman–Crippen LogP) is -0.0455. The number of aromatic nitrogens is 5. The summed E-state index contributed by atoms with van der Waals surface area (Å²) in [5.74, 6) is 3.27. The van der Waals surface area contributed by atoms with E-state index in [1.54, 1.807) is 16.9 Å². The van der Waals surface area contributed by atoms with Crippen LogP contribution in [0.25, 0.3) is 5.65 Å². The minimum absolute atomic E-state index is 0.607. The third-order valence-electron chi connectivity index (χ3n) is 1.68. The number of terminal acetylenes is 1. The molecule has 6 nitrogen and oxygen atoms in total. The van der Waals surface area contributed by atoms with Crippen molar-refractivity contribution in [2.45, 2.75) is 6.42 Å². The van der Waals surface area contributed by atoms with Gasteiger partial charge < -0.3 is 5.32 Å². The maximum absolute atomic E-state index is 5.13. The van der Waals surface area contributed by atoms with Gasteiger partial charge in [0.15, 0.2) is 5.65 Å². The quantitative estimate of drug-likeness (QED) is 0.540. The summed E-state index contributed by atoms with van der Waals surface area (Å²) in [7, 11) is 0. The molecule has 0 unspecified atom stereocenters. The molecule has 0 spiro atoms. The first kappa shape index (κ1) is 8.44. The molecule has 2 heterocycles. The Hall–Kier alpha value is -2.16. The molecule has 0 aliphatic carbocycles. The van der Waals surface area contributed by atoms with Crippen molar-refractivity contribution in [3.8, 4) is 12.3 Å². The lowest BCUT2D eigenvalue weighted by Gasteiger charge is -2.03. The van der Waals surface area contributed by atoms with Crippen molar-refractivity contribution in [2.75, 3.05) is 11.9 Å². The van der Waals surface area contributed by atoms with E-state index in [9.17, 15) is 0 Å². The molecular weight excluding hydrogens is 180 g/mol. The smallest absolute Gasteiger partial charge is 0.199 e. The number of anilines is 1. The van der Waals surface area contributed by atoms with Crippen molar-refractivity contribution < 1.29 is 0 Å². The zero-order chi connectivity index (χ0) is 9.80. The molecule has 0 atom stereocenters. The summed E-state index contributed by atoms with van der Waals surface area (Å²) in [6.07, 6.45) is 9.03. The summed E-state index contributed by atoms with van der Waals surface area (Å²) in [6, 6.07) is 0. The summed E-state index contributed by atoms with van der Waals surface area (Å²) in [5.41, 5.74) is 0.607. The van der Waals surface area contributed by atoms with E-state index < -0.39 is 0 Å². The van der Waals surface area contributed by atoms with Gasteiger partial charge in [0, 0.05) is 13.0 Å². The predicted molar refractivity (Wildman–Crippen MR) is 50.5 cm³/mol. The highest BCUT2D eigenvalue weighted by atomic mass is 15.5. The fourth-order valence-electron chi connectivity index (χ4n) is 1.06. The van der Waals surface area contributed by atoms with Crippen LogP contribution in [0.3, 0.4) is 0 Å². The first-order chi connectivity index (χ1) is 6.92. The Balaban J connectivity index is 2.24. The second kappa shape index (κ2) is 3.70. The average Bonchev–Trinajstić information content (AvgIpc) is 2.67. The minimum Gasteiger partial charge on any atom is -0.368 e. The van der Waals surface area contributed by atoms with Crippen LogP contribution in [-0.4, -0.2) is 31.6 Å². The van der Waals surface area contributed by atoms with Gasteiger partial charge in [-0.05, 0) is 10.4 Å². The molecule has 0 amide bonds. The van der Waals surface area contributed by atoms with Gasteiger partial charge in [0.2, 0.25) is 0 Å². The van der Waals surface area contributed by atoms with Gasteiger partial charge in [-0.1, -0.05) is 0 Å². The third-order valence-corrected chi connectivity index (χ3v) is 1.68. The highest BCUT2D eigenvalue weighted by Crippen LogP contribution is 2.04. The van der Waals surface area contributed by atoms with Gasteiger partial charge in [-0.2, -0.15) is 4.52 Å². The van der Waals surface area contributed by atoms with Gasteiger partial charge in [0.25, 0.3) is 0 Å². The van der Waals surface area contributed by atoms with Gasteiger partial charge in [-0.15, -0.1) is 17.4 Å². The molecule has 0 radical (unpaired) electrons. The molecule has 0 aliphatic rings. The van der Waals surface area contributed by atoms with Crippen molar-refractivity contribution in [1.82, 2.24) is 25.0 Å². The molecule has 0 bridgehead atoms. The first-order valence-electron chi connectivity index (χ1n) is 4.11. The van der Waals surface area contributed by atoms with Crippen molar-refractivity contribution in [3.05, 3.63) is 12.4 Å². The number of hydrogen-bond donors (Lipinski definition) is 1. The Morgan fingerprint density at radius 1 is 1.50 bits per heavy atom. The molecular formula is C8H8N6. The number of fused-ring (bicyclic) bond motifs is 1. The molecule has 0 fully saturated rings. The number of nitrogens with zero attached hydrogens (tertiary/aromatic N) is 5. The van der Waals surface area contributed by atoms with E-state index in [0.717, 1.165) is 5.82 Å². The highest BCUT2D eigenvalue weighted by Gasteiger charge is 2.01. The maximum Gasteiger partial charge on any atom is 0.199 e. The van der Waals surface area contributed by atoms with Crippen LogP contribution in [0, 0.1) is 12.3 Å². The van der Waals surface area contributed by atoms with Crippen LogP contribution in [0.2, 0.25) is 0 Å². The third kappa shape index (κ3) is 1.47. The lowest BCUT2D eigenvalue weighted by atomic mass is 10.4. The fourth-order valence-corrected chi connectivity index (χ4v) is 1.06. The molecule has 2 aromatic rings. The van der Waals surface area contributed by atoms with Gasteiger partial charge in [-0.3, -0.25) is 4.98 Å². The standard InChI is InChI=1S/C8H8N6/c1-2-3-4-10-7-5-9-6-8-11-12-13-14(7)8/h1,5-6,10H,3-4H2. The Morgan fingerprint density at radius 3 is 3.29 bits per heavy atom. The minimum atomic E-state index is 0.607. The van der Waals surface area contributed by atoms with Crippen molar-refractivity contribution in [3.63, 3.8) is 0 Å². The Labute approximate surface area is 80.3 Å². The number of rotatable bonds is 3. The van der Waals surface area contributed by atoms with Crippen LogP contribution in [0.15, 0.2) is 12.4 Å². The summed E-state index contributed by atoms with van der Waals surface area (Å²) >= 11 is 0. The van der Waals surface area contributed by atoms with Crippen LogP contribution < -0.4 is 5.32 Å². The number of nitrogens with one attached hydrogen (secondary N) is 1. The summed E-state index contributed by atoms with van der Waals surface area (Å²) in [6.45, 7) is 0.678. The largest absolute Gasteiger partial charge is 0.368 e. The molecule has 1 N–H and O–H groups in total. The van der Waals surface area contributed by atoms with Crippen LogP contribution in [0.1, 0.15) is 6.42 Å². The molecule has 6 heteroatoms. The molecule has 0 saturated carbocycles. The first-order valence-corrected chi connectivity index (χ1v) is 4.11. The van der Waals surface area contributed by atoms with Crippen LogP contribution >= 0.6 is 0 Å². The monoisotopic (exact) mass is 188 g/mol. The van der Waals surface area contributed by atoms with E-state index in [-0.39, 0.29) is 0 Å². The van der Waals surface area contributed by atoms with Crippen LogP contribution in [-0.2, 0) is 0 Å². The van der Waals surface area contributed by atoms with Gasteiger partial charge in [-0.25, -0.2) is 0 Å². The molecule has 0 aliphatic heterocycles. The van der Waals surface area contributed by atoms with E-state index in [1.807, 2.05) is 0 Å². The highest BCUT2D eigenvalue weighted by molar-refractivity contribution is 5.43. The van der Waals surface area contributed by atoms with Crippen LogP contribution in [0.4, 0.5) is 5.82 Å². The second-order valence-electron chi connectivity index (χ2n) is 2.62. The molecule has 0 saturated heterocycles. The van der Waals surface area contributed by atoms with Gasteiger partial charge in [0.05, 0.1) is 12.4 Å². The lowest BCUT2D eigenvalue weighted by Crippen LogP contribution is -2.06. The Kier molecular flexibility index (Phi) is 2.23. The number of hydrogen-bond acceptors (Lipinski definition) is 5. The normalized spacial score (nSPS) is 9.93. The molecule has 2 aromatic heterocycles. The van der Waals surface area contributed by atoms with Gasteiger partial charge >= 0.3 is 0 Å². The lowest BCUT2D eigenvalue weighted by molar-refractivity contribution is 0.819. The Bertz CT molecular complexity index is 468. The summed E-state index contributed by atoms with van der Waals surface area (Å²) in [4.78, 5) is 3.99. The second-order valence-corrected chi connectivity index (χ2v) is 2.62. The zero-order valence-electron chi connectivity index (χ0n) is 7.38. The number of tetrazole rings is 1. The Morgan fingerprint density at radius 2 is 2.43 bits per heavy atom. The van der Waals surface area contributed by atoms with E-state index in [1.165, 1.54) is 0 Å². The molecule has 2 rings (SSSR count). The van der Waals surface area contributed by atoms with Crippen molar-refractivity contribution >= 4 is 11.5 Å². The average molecular weight is 188 g/mol. The maximum atomic E-state index is 5.13. The van der Waals surface area contributed by atoms with E-state index in [4.69, 9.17) is 6.42 Å².